The van der Waals surface area contributed by atoms with E-state index in [1.807, 2.05) is 24.3 Å². The number of rotatable bonds is 2. The average Bonchev–Trinajstić information content (AvgIpc) is 2.29. The summed E-state index contributed by atoms with van der Waals surface area (Å²) in [5.74, 6) is 0. The Morgan fingerprint density at radius 3 is 2.50 bits per heavy atom. The number of hydrogen-bond donors (Lipinski definition) is 1. The Morgan fingerprint density at radius 2 is 2.00 bits per heavy atom. The fourth-order valence-electron chi connectivity index (χ4n) is 1.85. The van der Waals surface area contributed by atoms with Gasteiger partial charge in [0.15, 0.2) is 0 Å². The van der Waals surface area contributed by atoms with Gasteiger partial charge < -0.3 is 14.6 Å². The maximum atomic E-state index is 11.9. The number of nitrogens with one attached hydrogen (secondary N) is 1. The summed E-state index contributed by atoms with van der Waals surface area (Å²) in [6.45, 7) is 5.99. The quantitative estimate of drug-likeness (QED) is 0.797. The van der Waals surface area contributed by atoms with Crippen LogP contribution in [0, 0.1) is 0 Å². The molecule has 16 heavy (non-hydrogen) atoms. The molecule has 0 saturated carbocycles. The van der Waals surface area contributed by atoms with Crippen LogP contribution in [0.5, 0.6) is 0 Å². The third-order valence-corrected chi connectivity index (χ3v) is 4.38. The lowest BCUT2D eigenvalue weighted by molar-refractivity contribution is 0.0769. The Morgan fingerprint density at radius 1 is 1.31 bits per heavy atom. The van der Waals surface area contributed by atoms with Crippen molar-refractivity contribution >= 4 is 12.4 Å². The van der Waals surface area contributed by atoms with Crippen molar-refractivity contribution in [2.24, 2.45) is 0 Å². The summed E-state index contributed by atoms with van der Waals surface area (Å²) >= 11 is 0. The Kier molecular flexibility index (Phi) is 3.48. The van der Waals surface area contributed by atoms with Crippen molar-refractivity contribution in [2.75, 3.05) is 33.1 Å². The molecule has 0 aromatic heterocycles. The van der Waals surface area contributed by atoms with Crippen LogP contribution in [0.25, 0.3) is 0 Å². The van der Waals surface area contributed by atoms with Crippen LogP contribution in [-0.4, -0.2) is 33.1 Å². The fraction of sp³-hybridized carbons (Fsp3) is 0.500. The highest BCUT2D eigenvalue weighted by molar-refractivity contribution is 7.70. The monoisotopic (exact) mass is 239 g/mol. The van der Waals surface area contributed by atoms with Crippen LogP contribution in [-0.2, 0) is 9.30 Å². The fourth-order valence-corrected chi connectivity index (χ4v) is 2.71. The van der Waals surface area contributed by atoms with E-state index in [9.17, 15) is 4.57 Å². The van der Waals surface area contributed by atoms with Crippen molar-refractivity contribution in [2.45, 2.75) is 6.04 Å². The van der Waals surface area contributed by atoms with Gasteiger partial charge in [-0.15, -0.1) is 0 Å². The Hall–Kier alpha value is -0.630. The zero-order chi connectivity index (χ0) is 11.6. The van der Waals surface area contributed by atoms with Crippen LogP contribution >= 0.6 is 7.14 Å². The van der Waals surface area contributed by atoms with Crippen LogP contribution in [0.15, 0.2) is 24.3 Å². The SMILES string of the molecule is CP(C)(=O)c1ccc(C2COCCN2)cc1. The molecule has 1 heterocycles. The molecule has 1 aliphatic heterocycles. The molecule has 0 bridgehead atoms. The molecule has 1 unspecified atom stereocenters. The van der Waals surface area contributed by atoms with E-state index < -0.39 is 7.14 Å². The Labute approximate surface area is 96.6 Å². The summed E-state index contributed by atoms with van der Waals surface area (Å²) in [4.78, 5) is 0. The van der Waals surface area contributed by atoms with E-state index in [2.05, 4.69) is 5.32 Å². The standard InChI is InChI=1S/C12H18NO2P/c1-16(2,14)11-5-3-10(4-6-11)12-9-15-8-7-13-12/h3-6,12-13H,7-9H2,1-2H3. The van der Waals surface area contributed by atoms with Gasteiger partial charge in [0, 0.05) is 11.8 Å². The molecule has 88 valence electrons. The van der Waals surface area contributed by atoms with E-state index in [0.29, 0.717) is 0 Å². The van der Waals surface area contributed by atoms with Gasteiger partial charge in [-0.1, -0.05) is 24.3 Å². The number of benzene rings is 1. The van der Waals surface area contributed by atoms with Crippen LogP contribution in [0.1, 0.15) is 11.6 Å². The number of morpholine rings is 1. The van der Waals surface area contributed by atoms with Gasteiger partial charge in [0.05, 0.1) is 19.3 Å². The van der Waals surface area contributed by atoms with E-state index >= 15 is 0 Å². The van der Waals surface area contributed by atoms with Gasteiger partial charge >= 0.3 is 0 Å². The number of ether oxygens (including phenoxy) is 1. The minimum absolute atomic E-state index is 0.274. The molecule has 1 fully saturated rings. The van der Waals surface area contributed by atoms with E-state index in [0.717, 1.165) is 25.1 Å². The van der Waals surface area contributed by atoms with Crippen LogP contribution < -0.4 is 10.6 Å². The maximum absolute atomic E-state index is 11.9. The third kappa shape index (κ3) is 2.73. The zero-order valence-corrected chi connectivity index (χ0v) is 10.7. The highest BCUT2D eigenvalue weighted by Gasteiger charge is 2.16. The molecule has 1 aromatic carbocycles. The van der Waals surface area contributed by atoms with Crippen molar-refractivity contribution in [1.29, 1.82) is 0 Å². The molecule has 3 nitrogen and oxygen atoms in total. The van der Waals surface area contributed by atoms with Gasteiger partial charge in [0.25, 0.3) is 0 Å². The summed E-state index contributed by atoms with van der Waals surface area (Å²) in [6, 6.07) is 8.29. The summed E-state index contributed by atoms with van der Waals surface area (Å²) in [6.07, 6.45) is 0. The van der Waals surface area contributed by atoms with Crippen molar-refractivity contribution in [3.05, 3.63) is 29.8 Å². The molecule has 1 N–H and O–H groups in total. The maximum Gasteiger partial charge on any atom is 0.109 e. The molecule has 1 aromatic rings. The van der Waals surface area contributed by atoms with Gasteiger partial charge in [-0.3, -0.25) is 0 Å². The van der Waals surface area contributed by atoms with Crippen molar-refractivity contribution < 1.29 is 9.30 Å². The summed E-state index contributed by atoms with van der Waals surface area (Å²) in [5, 5.41) is 4.34. The second-order valence-corrected chi connectivity index (χ2v) is 7.74. The van der Waals surface area contributed by atoms with E-state index in [1.54, 1.807) is 13.3 Å². The first-order valence-corrected chi connectivity index (χ1v) is 8.14. The third-order valence-electron chi connectivity index (χ3n) is 2.84. The smallest absolute Gasteiger partial charge is 0.109 e. The van der Waals surface area contributed by atoms with Crippen molar-refractivity contribution in [3.63, 3.8) is 0 Å². The first-order valence-electron chi connectivity index (χ1n) is 5.54. The normalized spacial score (nSPS) is 22.0. The van der Waals surface area contributed by atoms with E-state index in [-0.39, 0.29) is 6.04 Å². The lowest BCUT2D eigenvalue weighted by Gasteiger charge is -2.24. The van der Waals surface area contributed by atoms with Crippen molar-refractivity contribution in [3.8, 4) is 0 Å². The van der Waals surface area contributed by atoms with Crippen LogP contribution in [0.2, 0.25) is 0 Å². The zero-order valence-electron chi connectivity index (χ0n) is 9.77. The molecule has 0 amide bonds. The molecule has 1 saturated heterocycles. The van der Waals surface area contributed by atoms with Gasteiger partial charge in [-0.2, -0.15) is 0 Å². The highest BCUT2D eigenvalue weighted by Crippen LogP contribution is 2.34. The second kappa shape index (κ2) is 4.70. The largest absolute Gasteiger partial charge is 0.378 e. The average molecular weight is 239 g/mol. The topological polar surface area (TPSA) is 38.3 Å². The molecular formula is C12H18NO2P. The molecule has 0 spiro atoms. The van der Waals surface area contributed by atoms with Gasteiger partial charge in [0.2, 0.25) is 0 Å². The van der Waals surface area contributed by atoms with Gasteiger partial charge in [0.1, 0.15) is 7.14 Å². The van der Waals surface area contributed by atoms with E-state index in [1.165, 1.54) is 5.56 Å². The molecule has 2 rings (SSSR count). The highest BCUT2D eigenvalue weighted by atomic mass is 31.2. The van der Waals surface area contributed by atoms with Crippen LogP contribution in [0.4, 0.5) is 0 Å². The van der Waals surface area contributed by atoms with Crippen molar-refractivity contribution in [1.82, 2.24) is 5.32 Å². The van der Waals surface area contributed by atoms with Gasteiger partial charge in [-0.25, -0.2) is 0 Å². The molecule has 4 heteroatoms. The molecule has 0 radical (unpaired) electrons. The molecular weight excluding hydrogens is 221 g/mol. The molecule has 1 atom stereocenters. The van der Waals surface area contributed by atoms with Crippen LogP contribution in [0.3, 0.4) is 0 Å². The van der Waals surface area contributed by atoms with E-state index in [4.69, 9.17) is 4.74 Å². The minimum Gasteiger partial charge on any atom is -0.378 e. The first-order chi connectivity index (χ1) is 7.57. The first kappa shape index (κ1) is 11.8. The predicted molar refractivity (Wildman–Crippen MR) is 67.1 cm³/mol. The minimum atomic E-state index is -2.13. The predicted octanol–water partition coefficient (Wildman–Crippen LogP) is 1.60. The second-order valence-electron chi connectivity index (χ2n) is 4.52. The molecule has 1 aliphatic rings. The lowest BCUT2D eigenvalue weighted by atomic mass is 10.1. The lowest BCUT2D eigenvalue weighted by Crippen LogP contribution is -2.34. The number of hydrogen-bond acceptors (Lipinski definition) is 3. The Bertz CT molecular complexity index is 390. The van der Waals surface area contributed by atoms with Gasteiger partial charge in [-0.05, 0) is 18.9 Å². The Balaban J connectivity index is 2.15. The summed E-state index contributed by atoms with van der Waals surface area (Å²) in [7, 11) is -2.13. The molecule has 0 aliphatic carbocycles. The summed E-state index contributed by atoms with van der Waals surface area (Å²) < 4.78 is 17.3. The summed E-state index contributed by atoms with van der Waals surface area (Å²) in [5.41, 5.74) is 1.21.